The minimum Gasteiger partial charge on any atom is -0.366 e. The summed E-state index contributed by atoms with van der Waals surface area (Å²) < 4.78 is 0. The molecule has 0 heterocycles. The number of carbonyl (C=O) groups is 2. The van der Waals surface area contributed by atoms with Crippen molar-refractivity contribution < 1.29 is 14.5 Å². The van der Waals surface area contributed by atoms with Gasteiger partial charge in [0.15, 0.2) is 6.04 Å². The Morgan fingerprint density at radius 2 is 1.75 bits per heavy atom. The van der Waals surface area contributed by atoms with E-state index in [-0.39, 0.29) is 11.9 Å². The second-order valence-corrected chi connectivity index (χ2v) is 6.10. The molecule has 0 aliphatic heterocycles. The van der Waals surface area contributed by atoms with Gasteiger partial charge in [-0.15, -0.1) is 0 Å². The van der Waals surface area contributed by atoms with Crippen LogP contribution in [-0.4, -0.2) is 24.9 Å². The number of nitrogens with one attached hydrogen (secondary N) is 2. The highest BCUT2D eigenvalue weighted by Gasteiger charge is 2.22. The molecule has 0 fully saturated rings. The van der Waals surface area contributed by atoms with Crippen LogP contribution in [0.5, 0.6) is 0 Å². The molecule has 2 amide bonds. The van der Waals surface area contributed by atoms with Gasteiger partial charge in [-0.1, -0.05) is 24.3 Å². The number of anilines is 1. The van der Waals surface area contributed by atoms with Crippen molar-refractivity contribution in [1.29, 1.82) is 0 Å². The molecule has 2 aromatic carbocycles. The maximum Gasteiger partial charge on any atom is 0.282 e. The van der Waals surface area contributed by atoms with Crippen LogP contribution in [0.1, 0.15) is 28.4 Å². The van der Waals surface area contributed by atoms with Crippen LogP contribution in [0.3, 0.4) is 0 Å². The Hall–Kier alpha value is -2.66. The predicted octanol–water partition coefficient (Wildman–Crippen LogP) is 1.14. The van der Waals surface area contributed by atoms with Crippen LogP contribution >= 0.6 is 0 Å². The molecule has 5 nitrogen and oxygen atoms in total. The molecule has 5 heteroatoms. The highest BCUT2D eigenvalue weighted by Crippen LogP contribution is 2.09. The van der Waals surface area contributed by atoms with E-state index < -0.39 is 5.91 Å². The van der Waals surface area contributed by atoms with Gasteiger partial charge in [-0.3, -0.25) is 9.59 Å². The Balaban J connectivity index is 1.98. The summed E-state index contributed by atoms with van der Waals surface area (Å²) in [6, 6.07) is 14.6. The number of amides is 2. The molecule has 126 valence electrons. The van der Waals surface area contributed by atoms with E-state index in [4.69, 9.17) is 5.73 Å². The van der Waals surface area contributed by atoms with Crippen molar-refractivity contribution in [3.8, 4) is 0 Å². The number of carbonyl (C=O) groups excluding carboxylic acids is 2. The van der Waals surface area contributed by atoms with Crippen LogP contribution in [0.15, 0.2) is 48.5 Å². The summed E-state index contributed by atoms with van der Waals surface area (Å²) in [5, 5.41) is 2.88. The number of nitrogens with two attached hydrogens (primary N) is 1. The summed E-state index contributed by atoms with van der Waals surface area (Å²) in [6.45, 7) is 4.76. The number of hydrogen-bond acceptors (Lipinski definition) is 2. The van der Waals surface area contributed by atoms with Crippen LogP contribution in [0, 0.1) is 6.92 Å². The van der Waals surface area contributed by atoms with Gasteiger partial charge in [-0.25, -0.2) is 0 Å². The molecule has 0 radical (unpaired) electrons. The Bertz CT molecular complexity index is 726. The Labute approximate surface area is 142 Å². The van der Waals surface area contributed by atoms with E-state index in [0.717, 1.165) is 11.4 Å². The number of aryl methyl sites for hydroxylation is 1. The van der Waals surface area contributed by atoms with Gasteiger partial charge < -0.3 is 16.0 Å². The van der Waals surface area contributed by atoms with E-state index in [1.165, 1.54) is 11.1 Å². The van der Waals surface area contributed by atoms with Gasteiger partial charge in [0, 0.05) is 16.8 Å². The fourth-order valence-corrected chi connectivity index (χ4v) is 2.45. The summed E-state index contributed by atoms with van der Waals surface area (Å²) in [5.41, 5.74) is 8.75. The maximum atomic E-state index is 12.4. The van der Waals surface area contributed by atoms with E-state index in [1.54, 1.807) is 24.3 Å². The molecule has 0 aliphatic carbocycles. The third kappa shape index (κ3) is 4.43. The number of hydrogen-bond donors (Lipinski definition) is 3. The molecule has 0 saturated carbocycles. The molecule has 0 saturated heterocycles. The van der Waals surface area contributed by atoms with Gasteiger partial charge in [0.25, 0.3) is 5.91 Å². The topological polar surface area (TPSA) is 76.6 Å². The highest BCUT2D eigenvalue weighted by molar-refractivity contribution is 5.95. The molecule has 2 atom stereocenters. The summed E-state index contributed by atoms with van der Waals surface area (Å²) in [7, 11) is 2.01. The van der Waals surface area contributed by atoms with E-state index >= 15 is 0 Å². The lowest BCUT2D eigenvalue weighted by molar-refractivity contribution is -0.907. The largest absolute Gasteiger partial charge is 0.366 e. The van der Waals surface area contributed by atoms with Crippen LogP contribution < -0.4 is 16.0 Å². The molecular formula is C19H24N3O2+. The van der Waals surface area contributed by atoms with Crippen molar-refractivity contribution >= 4 is 17.5 Å². The van der Waals surface area contributed by atoms with Gasteiger partial charge in [-0.2, -0.15) is 0 Å². The lowest BCUT2D eigenvalue weighted by atomic mass is 10.1. The van der Waals surface area contributed by atoms with Gasteiger partial charge in [0.05, 0.1) is 7.05 Å². The van der Waals surface area contributed by atoms with Gasteiger partial charge in [-0.05, 0) is 43.7 Å². The Kier molecular flexibility index (Phi) is 5.71. The Morgan fingerprint density at radius 3 is 2.33 bits per heavy atom. The van der Waals surface area contributed by atoms with Crippen LogP contribution in [0.25, 0.3) is 0 Å². The van der Waals surface area contributed by atoms with Crippen molar-refractivity contribution in [2.45, 2.75) is 26.4 Å². The van der Waals surface area contributed by atoms with E-state index in [1.807, 2.05) is 26.1 Å². The number of likely N-dealkylation sites (N-methyl/N-ethyl adjacent to an activating group) is 1. The zero-order valence-corrected chi connectivity index (χ0v) is 14.3. The van der Waals surface area contributed by atoms with Crippen LogP contribution in [0.4, 0.5) is 5.69 Å². The third-order valence-electron chi connectivity index (χ3n) is 4.30. The van der Waals surface area contributed by atoms with Crippen molar-refractivity contribution in [2.75, 3.05) is 12.4 Å². The van der Waals surface area contributed by atoms with E-state index in [0.29, 0.717) is 11.3 Å². The summed E-state index contributed by atoms with van der Waals surface area (Å²) >= 11 is 0. The first kappa shape index (κ1) is 17.7. The minimum absolute atomic E-state index is 0.0621. The Morgan fingerprint density at radius 1 is 1.12 bits per heavy atom. The quantitative estimate of drug-likeness (QED) is 0.744. The van der Waals surface area contributed by atoms with Crippen LogP contribution in [-0.2, 0) is 11.3 Å². The first-order chi connectivity index (χ1) is 11.4. The lowest BCUT2D eigenvalue weighted by Gasteiger charge is -2.22. The fourth-order valence-electron chi connectivity index (χ4n) is 2.45. The van der Waals surface area contributed by atoms with Crippen molar-refractivity contribution in [3.63, 3.8) is 0 Å². The van der Waals surface area contributed by atoms with Gasteiger partial charge in [0.1, 0.15) is 6.54 Å². The van der Waals surface area contributed by atoms with Crippen molar-refractivity contribution in [3.05, 3.63) is 65.2 Å². The zero-order valence-electron chi connectivity index (χ0n) is 14.3. The number of rotatable bonds is 6. The van der Waals surface area contributed by atoms with E-state index in [9.17, 15) is 9.59 Å². The fraction of sp³-hybridized carbons (Fsp3) is 0.263. The van der Waals surface area contributed by atoms with Crippen LogP contribution in [0.2, 0.25) is 0 Å². The maximum absolute atomic E-state index is 12.4. The molecule has 2 rings (SSSR count). The molecule has 4 N–H and O–H groups in total. The predicted molar refractivity (Wildman–Crippen MR) is 94.8 cm³/mol. The second-order valence-electron chi connectivity index (χ2n) is 6.10. The SMILES string of the molecule is Cc1ccccc1C[NH+](C)[C@H](C)C(=O)Nc1ccc(C(N)=O)cc1. The van der Waals surface area contributed by atoms with Crippen molar-refractivity contribution in [2.24, 2.45) is 5.73 Å². The van der Waals surface area contributed by atoms with Gasteiger partial charge >= 0.3 is 0 Å². The average Bonchev–Trinajstić information content (AvgIpc) is 2.56. The molecule has 0 aromatic heterocycles. The average molecular weight is 326 g/mol. The number of quaternary nitrogens is 1. The number of benzene rings is 2. The standard InChI is InChI=1S/C19H23N3O2/c1-13-6-4-5-7-16(13)12-22(3)14(2)19(24)21-17-10-8-15(9-11-17)18(20)23/h4-11,14H,12H2,1-3H3,(H2,20,23)(H,21,24)/p+1/t14-/m1/s1. The summed E-state index contributed by atoms with van der Waals surface area (Å²) in [4.78, 5) is 24.6. The monoisotopic (exact) mass is 326 g/mol. The first-order valence-corrected chi connectivity index (χ1v) is 7.96. The smallest absolute Gasteiger partial charge is 0.282 e. The molecule has 24 heavy (non-hydrogen) atoms. The molecular weight excluding hydrogens is 302 g/mol. The third-order valence-corrected chi connectivity index (χ3v) is 4.30. The first-order valence-electron chi connectivity index (χ1n) is 7.96. The van der Waals surface area contributed by atoms with Gasteiger partial charge in [0.2, 0.25) is 5.91 Å². The minimum atomic E-state index is -0.483. The zero-order chi connectivity index (χ0) is 17.7. The lowest BCUT2D eigenvalue weighted by Crippen LogP contribution is -3.12. The normalized spacial score (nSPS) is 13.1. The van der Waals surface area contributed by atoms with Crippen molar-refractivity contribution in [1.82, 2.24) is 0 Å². The molecule has 0 aliphatic rings. The molecule has 0 spiro atoms. The summed E-state index contributed by atoms with van der Waals surface area (Å²) in [5.74, 6) is -0.545. The highest BCUT2D eigenvalue weighted by atomic mass is 16.2. The molecule has 1 unspecified atom stereocenters. The molecule has 0 bridgehead atoms. The summed E-state index contributed by atoms with van der Waals surface area (Å²) in [6.07, 6.45) is 0. The molecule has 2 aromatic rings. The van der Waals surface area contributed by atoms with E-state index in [2.05, 4.69) is 24.4 Å². The number of primary amides is 1. The second kappa shape index (κ2) is 7.75.